The lowest BCUT2D eigenvalue weighted by Crippen LogP contribution is -2.00. The van der Waals surface area contributed by atoms with Crippen molar-refractivity contribution in [3.8, 4) is 78.7 Å². The Morgan fingerprint density at radius 3 is 1.27 bits per heavy atom. The molecule has 64 heavy (non-hydrogen) atoms. The second-order valence-corrected chi connectivity index (χ2v) is 16.3. The highest BCUT2D eigenvalue weighted by Crippen LogP contribution is 2.41. The van der Waals surface area contributed by atoms with Crippen LogP contribution >= 0.6 is 0 Å². The molecular formula is C61H39N3. The smallest absolute Gasteiger partial charge is 0.164 e. The molecule has 0 aliphatic rings. The predicted molar refractivity (Wildman–Crippen MR) is 268 cm³/mol. The number of nitrogens with zero attached hydrogens (tertiary/aromatic N) is 3. The fraction of sp³-hybridized carbons (Fsp3) is 0. The molecule has 0 saturated heterocycles. The van der Waals surface area contributed by atoms with E-state index >= 15 is 0 Å². The van der Waals surface area contributed by atoms with Crippen molar-refractivity contribution >= 4 is 43.1 Å². The van der Waals surface area contributed by atoms with E-state index in [0.717, 1.165) is 33.4 Å². The highest BCUT2D eigenvalue weighted by molar-refractivity contribution is 6.25. The number of hydrogen-bond donors (Lipinski definition) is 0. The maximum Gasteiger partial charge on any atom is 0.164 e. The first-order valence-corrected chi connectivity index (χ1v) is 21.8. The van der Waals surface area contributed by atoms with Crippen molar-refractivity contribution in [2.75, 3.05) is 0 Å². The molecule has 0 atom stereocenters. The monoisotopic (exact) mass is 813 g/mol. The van der Waals surface area contributed by atoms with Gasteiger partial charge in [0.05, 0.1) is 0 Å². The maximum atomic E-state index is 5.10. The molecule has 0 aliphatic heterocycles. The Kier molecular flexibility index (Phi) is 9.16. The van der Waals surface area contributed by atoms with E-state index < -0.39 is 0 Å². The highest BCUT2D eigenvalue weighted by atomic mass is 15.0. The minimum absolute atomic E-state index is 0.629. The van der Waals surface area contributed by atoms with Gasteiger partial charge in [0.2, 0.25) is 0 Å². The molecule has 1 aromatic heterocycles. The third-order valence-electron chi connectivity index (χ3n) is 12.5. The van der Waals surface area contributed by atoms with E-state index in [0.29, 0.717) is 17.5 Å². The van der Waals surface area contributed by atoms with E-state index in [4.69, 9.17) is 15.0 Å². The minimum Gasteiger partial charge on any atom is -0.208 e. The van der Waals surface area contributed by atoms with Crippen molar-refractivity contribution in [3.63, 3.8) is 0 Å². The van der Waals surface area contributed by atoms with Gasteiger partial charge in [0.25, 0.3) is 0 Å². The van der Waals surface area contributed by atoms with Crippen LogP contribution in [0.1, 0.15) is 0 Å². The third-order valence-corrected chi connectivity index (χ3v) is 12.5. The van der Waals surface area contributed by atoms with E-state index in [1.165, 1.54) is 70.9 Å². The number of fused-ring (bicyclic) bond motifs is 7. The van der Waals surface area contributed by atoms with Crippen LogP contribution in [0.5, 0.6) is 0 Å². The summed E-state index contributed by atoms with van der Waals surface area (Å²) in [6.45, 7) is 0. The number of benzene rings is 11. The van der Waals surface area contributed by atoms with E-state index in [-0.39, 0.29) is 0 Å². The summed E-state index contributed by atoms with van der Waals surface area (Å²) >= 11 is 0. The summed E-state index contributed by atoms with van der Waals surface area (Å²) in [4.78, 5) is 15.2. The van der Waals surface area contributed by atoms with Crippen LogP contribution in [0, 0.1) is 0 Å². The molecule has 0 spiro atoms. The van der Waals surface area contributed by atoms with Gasteiger partial charge >= 0.3 is 0 Å². The van der Waals surface area contributed by atoms with Gasteiger partial charge < -0.3 is 0 Å². The molecule has 3 nitrogen and oxygen atoms in total. The van der Waals surface area contributed by atoms with Crippen molar-refractivity contribution < 1.29 is 0 Å². The summed E-state index contributed by atoms with van der Waals surface area (Å²) in [7, 11) is 0. The van der Waals surface area contributed by atoms with Crippen LogP contribution in [0.15, 0.2) is 237 Å². The van der Waals surface area contributed by atoms with Crippen LogP contribution in [0.4, 0.5) is 0 Å². The molecule has 0 fully saturated rings. The average molecular weight is 814 g/mol. The molecule has 3 heteroatoms. The number of aromatic nitrogens is 3. The molecule has 0 bridgehead atoms. The largest absolute Gasteiger partial charge is 0.208 e. The zero-order chi connectivity index (χ0) is 42.4. The summed E-state index contributed by atoms with van der Waals surface area (Å²) in [6, 6.07) is 84.4. The predicted octanol–water partition coefficient (Wildman–Crippen LogP) is 16.2. The van der Waals surface area contributed by atoms with Gasteiger partial charge in [-0.2, -0.15) is 0 Å². The molecule has 11 aromatic carbocycles. The molecule has 0 amide bonds. The molecular weight excluding hydrogens is 775 g/mol. The Balaban J connectivity index is 0.926. The van der Waals surface area contributed by atoms with Gasteiger partial charge in [-0.1, -0.05) is 224 Å². The molecule has 0 aliphatic carbocycles. The summed E-state index contributed by atoms with van der Waals surface area (Å²) < 4.78 is 0. The summed E-state index contributed by atoms with van der Waals surface area (Å²) in [5, 5.41) is 10.1. The summed E-state index contributed by atoms with van der Waals surface area (Å²) in [5.74, 6) is 1.90. The van der Waals surface area contributed by atoms with Crippen LogP contribution in [0.3, 0.4) is 0 Å². The van der Waals surface area contributed by atoms with Crippen molar-refractivity contribution in [3.05, 3.63) is 237 Å². The third kappa shape index (κ3) is 6.68. The Morgan fingerprint density at radius 2 is 0.609 bits per heavy atom. The first-order chi connectivity index (χ1) is 31.7. The normalized spacial score (nSPS) is 11.4. The average Bonchev–Trinajstić information content (AvgIpc) is 3.39. The van der Waals surface area contributed by atoms with Gasteiger partial charge in [0, 0.05) is 16.7 Å². The fourth-order valence-corrected chi connectivity index (χ4v) is 9.36. The first kappa shape index (κ1) is 37.2. The zero-order valence-corrected chi connectivity index (χ0v) is 34.9. The molecule has 0 N–H and O–H groups in total. The second kappa shape index (κ2) is 15.7. The van der Waals surface area contributed by atoms with Gasteiger partial charge in [-0.05, 0) is 99.7 Å². The molecule has 12 aromatic rings. The molecule has 298 valence electrons. The standard InChI is InChI=1S/C61H39N3/c1-3-14-40(15-4-1)47-19-13-20-49(38-47)61-63-59(45-17-5-2-6-18-45)62-60(64-61)46-32-28-43(29-33-46)51-36-34-42-16-7-8-21-50(42)58(51)44-30-26-41(27-31-44)48-35-37-56-54-24-10-9-22-52(54)53-23-11-12-25-55(53)57(56)39-48/h1-39H. The summed E-state index contributed by atoms with van der Waals surface area (Å²) in [6.07, 6.45) is 0. The molecule has 0 unspecified atom stereocenters. The fourth-order valence-electron chi connectivity index (χ4n) is 9.36. The van der Waals surface area contributed by atoms with Crippen molar-refractivity contribution in [2.45, 2.75) is 0 Å². The Labute approximate surface area is 371 Å². The maximum absolute atomic E-state index is 5.10. The van der Waals surface area contributed by atoms with E-state index in [9.17, 15) is 0 Å². The van der Waals surface area contributed by atoms with Gasteiger partial charge in [0.15, 0.2) is 17.5 Å². The van der Waals surface area contributed by atoms with Gasteiger partial charge in [0.1, 0.15) is 0 Å². The van der Waals surface area contributed by atoms with Crippen molar-refractivity contribution in [1.29, 1.82) is 0 Å². The Morgan fingerprint density at radius 1 is 0.203 bits per heavy atom. The molecule has 0 saturated carbocycles. The lowest BCUT2D eigenvalue weighted by Gasteiger charge is -2.16. The van der Waals surface area contributed by atoms with Crippen LogP contribution < -0.4 is 0 Å². The zero-order valence-electron chi connectivity index (χ0n) is 34.9. The van der Waals surface area contributed by atoms with Crippen LogP contribution in [-0.2, 0) is 0 Å². The lowest BCUT2D eigenvalue weighted by molar-refractivity contribution is 1.07. The minimum atomic E-state index is 0.629. The van der Waals surface area contributed by atoms with Crippen LogP contribution in [0.25, 0.3) is 122 Å². The molecule has 12 rings (SSSR count). The second-order valence-electron chi connectivity index (χ2n) is 16.3. The molecule has 0 radical (unpaired) electrons. The SMILES string of the molecule is c1ccc(-c2cccc(-c3nc(-c4ccccc4)nc(-c4ccc(-c5ccc6ccccc6c5-c5ccc(-c6ccc7c8ccccc8c8ccccc8c7c6)cc5)cc4)n3)c2)cc1. The van der Waals surface area contributed by atoms with Gasteiger partial charge in [-0.25, -0.2) is 15.0 Å². The van der Waals surface area contributed by atoms with E-state index in [1.54, 1.807) is 0 Å². The van der Waals surface area contributed by atoms with Crippen molar-refractivity contribution in [2.24, 2.45) is 0 Å². The first-order valence-electron chi connectivity index (χ1n) is 21.8. The Bertz CT molecular complexity index is 3660. The number of hydrogen-bond acceptors (Lipinski definition) is 3. The van der Waals surface area contributed by atoms with E-state index in [1.807, 2.05) is 36.4 Å². The number of rotatable bonds is 7. The topological polar surface area (TPSA) is 38.7 Å². The quantitative estimate of drug-likeness (QED) is 0.150. The van der Waals surface area contributed by atoms with Gasteiger partial charge in [-0.15, -0.1) is 0 Å². The van der Waals surface area contributed by atoms with Crippen LogP contribution in [0.2, 0.25) is 0 Å². The highest BCUT2D eigenvalue weighted by Gasteiger charge is 2.17. The van der Waals surface area contributed by atoms with E-state index in [2.05, 4.69) is 200 Å². The lowest BCUT2D eigenvalue weighted by atomic mass is 9.88. The molecule has 1 heterocycles. The van der Waals surface area contributed by atoms with Crippen molar-refractivity contribution in [1.82, 2.24) is 15.0 Å². The van der Waals surface area contributed by atoms with Gasteiger partial charge in [-0.3, -0.25) is 0 Å². The summed E-state index contributed by atoms with van der Waals surface area (Å²) in [5.41, 5.74) is 12.1. The van der Waals surface area contributed by atoms with Crippen LogP contribution in [-0.4, -0.2) is 15.0 Å². The Hall–Kier alpha value is -8.53.